The molecule has 1 heterocycles. The number of nitrogens with zero attached hydrogens (tertiary/aromatic N) is 1. The molecule has 0 amide bonds. The molecule has 2 heteroatoms. The van der Waals surface area contributed by atoms with Gasteiger partial charge in [-0.15, -0.1) is 0 Å². The van der Waals surface area contributed by atoms with E-state index in [0.29, 0.717) is 6.61 Å². The van der Waals surface area contributed by atoms with Crippen molar-refractivity contribution in [2.24, 2.45) is 5.41 Å². The van der Waals surface area contributed by atoms with Gasteiger partial charge in [0.1, 0.15) is 0 Å². The van der Waals surface area contributed by atoms with Gasteiger partial charge in [-0.25, -0.2) is 0 Å². The monoisotopic (exact) mass is 247 g/mol. The summed E-state index contributed by atoms with van der Waals surface area (Å²) >= 11 is 0. The van der Waals surface area contributed by atoms with Crippen LogP contribution >= 0.6 is 0 Å². The Morgan fingerprint density at radius 1 is 1.17 bits per heavy atom. The molecule has 18 heavy (non-hydrogen) atoms. The van der Waals surface area contributed by atoms with Crippen molar-refractivity contribution in [2.75, 3.05) is 26.2 Å². The van der Waals surface area contributed by atoms with Crippen molar-refractivity contribution in [1.29, 1.82) is 0 Å². The Morgan fingerprint density at radius 2 is 1.83 bits per heavy atom. The van der Waals surface area contributed by atoms with Gasteiger partial charge in [0, 0.05) is 13.2 Å². The minimum atomic E-state index is 0.212. The first-order valence-electron chi connectivity index (χ1n) is 7.15. The second-order valence-electron chi connectivity index (χ2n) is 5.59. The van der Waals surface area contributed by atoms with Crippen LogP contribution in [0.4, 0.5) is 0 Å². The maximum atomic E-state index is 9.52. The minimum Gasteiger partial charge on any atom is -0.396 e. The average Bonchev–Trinajstić information content (AvgIpc) is 2.47. The summed E-state index contributed by atoms with van der Waals surface area (Å²) in [5, 5.41) is 9.52. The summed E-state index contributed by atoms with van der Waals surface area (Å²) < 4.78 is 0. The van der Waals surface area contributed by atoms with Gasteiger partial charge in [-0.1, -0.05) is 37.3 Å². The van der Waals surface area contributed by atoms with E-state index in [9.17, 15) is 5.11 Å². The Kier molecular flexibility index (Phi) is 4.79. The van der Waals surface area contributed by atoms with Crippen LogP contribution in [-0.2, 0) is 6.42 Å². The topological polar surface area (TPSA) is 23.5 Å². The molecular formula is C16H25NO. The fraction of sp³-hybridized carbons (Fsp3) is 0.625. The summed E-state index contributed by atoms with van der Waals surface area (Å²) in [6.07, 6.45) is 4.54. The van der Waals surface area contributed by atoms with E-state index in [1.165, 1.54) is 5.56 Å². The van der Waals surface area contributed by atoms with E-state index in [1.807, 2.05) is 0 Å². The van der Waals surface area contributed by atoms with Crippen molar-refractivity contribution in [3.05, 3.63) is 35.9 Å². The number of benzene rings is 1. The van der Waals surface area contributed by atoms with Crippen molar-refractivity contribution < 1.29 is 5.11 Å². The van der Waals surface area contributed by atoms with Crippen LogP contribution in [0.1, 0.15) is 31.7 Å². The minimum absolute atomic E-state index is 0.212. The maximum Gasteiger partial charge on any atom is 0.0488 e. The molecular weight excluding hydrogens is 222 g/mol. The molecule has 1 saturated heterocycles. The molecule has 0 radical (unpaired) electrons. The van der Waals surface area contributed by atoms with Crippen molar-refractivity contribution in [2.45, 2.75) is 32.6 Å². The lowest BCUT2D eigenvalue weighted by Gasteiger charge is -2.40. The predicted molar refractivity (Wildman–Crippen MR) is 75.6 cm³/mol. The zero-order chi connectivity index (χ0) is 12.8. The molecule has 1 fully saturated rings. The summed E-state index contributed by atoms with van der Waals surface area (Å²) in [5.41, 5.74) is 1.63. The van der Waals surface area contributed by atoms with Gasteiger partial charge in [0.15, 0.2) is 0 Å². The van der Waals surface area contributed by atoms with Gasteiger partial charge in [0.05, 0.1) is 0 Å². The molecule has 0 aliphatic carbocycles. The van der Waals surface area contributed by atoms with Gasteiger partial charge in [-0.2, -0.15) is 0 Å². The van der Waals surface area contributed by atoms with Crippen LogP contribution in [0, 0.1) is 5.41 Å². The van der Waals surface area contributed by atoms with Crippen LogP contribution in [0.25, 0.3) is 0 Å². The molecule has 0 bridgehead atoms. The molecule has 0 saturated carbocycles. The van der Waals surface area contributed by atoms with Crippen LogP contribution in [0.2, 0.25) is 0 Å². The molecule has 0 aromatic heterocycles. The van der Waals surface area contributed by atoms with Gasteiger partial charge < -0.3 is 10.0 Å². The van der Waals surface area contributed by atoms with Crippen LogP contribution in [0.5, 0.6) is 0 Å². The molecule has 2 rings (SSSR count). The highest BCUT2D eigenvalue weighted by molar-refractivity contribution is 5.14. The first-order chi connectivity index (χ1) is 8.78. The molecule has 1 aliphatic heterocycles. The Morgan fingerprint density at radius 3 is 2.39 bits per heavy atom. The molecule has 1 aromatic carbocycles. The number of piperidine rings is 1. The Labute approximate surface area is 111 Å². The molecule has 1 aliphatic rings. The molecule has 1 N–H and O–H groups in total. The Balaban J connectivity index is 1.77. The second kappa shape index (κ2) is 6.35. The van der Waals surface area contributed by atoms with Crippen molar-refractivity contribution in [3.8, 4) is 0 Å². The third-order valence-electron chi connectivity index (χ3n) is 4.56. The average molecular weight is 247 g/mol. The fourth-order valence-corrected chi connectivity index (χ4v) is 2.81. The third kappa shape index (κ3) is 3.33. The normalized spacial score (nSPS) is 19.9. The van der Waals surface area contributed by atoms with E-state index >= 15 is 0 Å². The zero-order valence-electron chi connectivity index (χ0n) is 11.4. The summed E-state index contributed by atoms with van der Waals surface area (Å²) in [6, 6.07) is 10.7. The number of hydrogen-bond acceptors (Lipinski definition) is 2. The molecule has 100 valence electrons. The number of likely N-dealkylation sites (tertiary alicyclic amines) is 1. The van der Waals surface area contributed by atoms with E-state index in [1.54, 1.807) is 0 Å². The summed E-state index contributed by atoms with van der Waals surface area (Å²) in [7, 11) is 0. The highest BCUT2D eigenvalue weighted by atomic mass is 16.3. The van der Waals surface area contributed by atoms with Crippen molar-refractivity contribution in [1.82, 2.24) is 4.90 Å². The summed E-state index contributed by atoms with van der Waals surface area (Å²) in [5.74, 6) is 0. The second-order valence-corrected chi connectivity index (χ2v) is 5.59. The number of aliphatic hydroxyl groups is 1. The molecule has 1 aromatic rings. The van der Waals surface area contributed by atoms with Gasteiger partial charge in [0.2, 0.25) is 0 Å². The van der Waals surface area contributed by atoms with Crippen molar-refractivity contribution in [3.63, 3.8) is 0 Å². The number of aliphatic hydroxyl groups excluding tert-OH is 1. The molecule has 0 spiro atoms. The molecule has 0 atom stereocenters. The van der Waals surface area contributed by atoms with Crippen LogP contribution in [0.3, 0.4) is 0 Å². The lowest BCUT2D eigenvalue weighted by molar-refractivity contribution is 0.0414. The zero-order valence-corrected chi connectivity index (χ0v) is 11.4. The summed E-state index contributed by atoms with van der Waals surface area (Å²) in [6.45, 7) is 5.99. The van der Waals surface area contributed by atoms with Gasteiger partial charge >= 0.3 is 0 Å². The molecule has 0 unspecified atom stereocenters. The number of rotatable bonds is 5. The SMILES string of the molecule is CCC1(CO)CCN(CCc2ccccc2)CC1. The maximum absolute atomic E-state index is 9.52. The van der Waals surface area contributed by atoms with Crippen molar-refractivity contribution >= 4 is 0 Å². The molecule has 2 nitrogen and oxygen atoms in total. The lowest BCUT2D eigenvalue weighted by atomic mass is 9.77. The third-order valence-corrected chi connectivity index (χ3v) is 4.56. The standard InChI is InChI=1S/C16H25NO/c1-2-16(14-18)9-12-17(13-10-16)11-8-15-6-4-3-5-7-15/h3-7,18H,2,8-14H2,1H3. The van der Waals surface area contributed by atoms with Crippen LogP contribution in [-0.4, -0.2) is 36.2 Å². The van der Waals surface area contributed by atoms with E-state index in [4.69, 9.17) is 0 Å². The summed E-state index contributed by atoms with van der Waals surface area (Å²) in [4.78, 5) is 2.54. The number of hydrogen-bond donors (Lipinski definition) is 1. The van der Waals surface area contributed by atoms with Gasteiger partial charge in [-0.3, -0.25) is 0 Å². The quantitative estimate of drug-likeness (QED) is 0.865. The van der Waals surface area contributed by atoms with Gasteiger partial charge in [0.25, 0.3) is 0 Å². The van der Waals surface area contributed by atoms with E-state index in [0.717, 1.165) is 45.3 Å². The first-order valence-corrected chi connectivity index (χ1v) is 7.15. The van der Waals surface area contributed by atoms with E-state index in [-0.39, 0.29) is 5.41 Å². The fourth-order valence-electron chi connectivity index (χ4n) is 2.81. The Hall–Kier alpha value is -0.860. The highest BCUT2D eigenvalue weighted by Gasteiger charge is 2.31. The first kappa shape index (κ1) is 13.6. The Bertz CT molecular complexity index is 335. The highest BCUT2D eigenvalue weighted by Crippen LogP contribution is 2.34. The van der Waals surface area contributed by atoms with Crippen LogP contribution < -0.4 is 0 Å². The largest absolute Gasteiger partial charge is 0.396 e. The van der Waals surface area contributed by atoms with E-state index < -0.39 is 0 Å². The lowest BCUT2D eigenvalue weighted by Crippen LogP contribution is -2.42. The van der Waals surface area contributed by atoms with Crippen LogP contribution in [0.15, 0.2) is 30.3 Å². The van der Waals surface area contributed by atoms with E-state index in [2.05, 4.69) is 42.2 Å². The predicted octanol–water partition coefficient (Wildman–Crippen LogP) is 2.71. The van der Waals surface area contributed by atoms with Gasteiger partial charge in [-0.05, 0) is 49.8 Å². The smallest absolute Gasteiger partial charge is 0.0488 e.